The smallest absolute Gasteiger partial charge is 0.325 e. The SMILES string of the molecule is CC(C)c1cnc(NC(=O)Nc2ccc(OCc3ccccc3)cc2)s1. The van der Waals surface area contributed by atoms with Crippen molar-refractivity contribution in [3.05, 3.63) is 71.2 Å². The number of hydrogen-bond acceptors (Lipinski definition) is 4. The highest BCUT2D eigenvalue weighted by atomic mass is 32.1. The topological polar surface area (TPSA) is 63.2 Å². The van der Waals surface area contributed by atoms with Crippen LogP contribution in [0, 0.1) is 0 Å². The van der Waals surface area contributed by atoms with Crippen LogP contribution in [0.1, 0.15) is 30.2 Å². The Bertz CT molecular complexity index is 845. The van der Waals surface area contributed by atoms with E-state index in [1.54, 1.807) is 18.3 Å². The van der Waals surface area contributed by atoms with E-state index in [-0.39, 0.29) is 6.03 Å². The van der Waals surface area contributed by atoms with Crippen LogP contribution in [0.4, 0.5) is 15.6 Å². The summed E-state index contributed by atoms with van der Waals surface area (Å²) in [6.07, 6.45) is 1.80. The molecule has 134 valence electrons. The minimum absolute atomic E-state index is 0.312. The molecule has 0 saturated heterocycles. The Morgan fingerprint density at radius 1 is 1.08 bits per heavy atom. The first-order valence-electron chi connectivity index (χ1n) is 8.40. The highest BCUT2D eigenvalue weighted by molar-refractivity contribution is 7.15. The average Bonchev–Trinajstić information content (AvgIpc) is 3.11. The number of anilines is 2. The lowest BCUT2D eigenvalue weighted by molar-refractivity contribution is 0.262. The third kappa shape index (κ3) is 5.07. The maximum absolute atomic E-state index is 12.1. The van der Waals surface area contributed by atoms with Crippen molar-refractivity contribution in [1.29, 1.82) is 0 Å². The zero-order chi connectivity index (χ0) is 18.4. The molecule has 26 heavy (non-hydrogen) atoms. The number of carbonyl (C=O) groups excluding carboxylic acids is 1. The normalized spacial score (nSPS) is 10.6. The van der Waals surface area contributed by atoms with Crippen molar-refractivity contribution >= 4 is 28.2 Å². The molecule has 3 rings (SSSR count). The van der Waals surface area contributed by atoms with Gasteiger partial charge in [0, 0.05) is 16.8 Å². The van der Waals surface area contributed by atoms with Gasteiger partial charge in [0.25, 0.3) is 0 Å². The highest BCUT2D eigenvalue weighted by Crippen LogP contribution is 2.25. The van der Waals surface area contributed by atoms with Crippen molar-refractivity contribution < 1.29 is 9.53 Å². The van der Waals surface area contributed by atoms with Crippen LogP contribution in [-0.2, 0) is 6.61 Å². The van der Waals surface area contributed by atoms with Crippen molar-refractivity contribution in [2.24, 2.45) is 0 Å². The van der Waals surface area contributed by atoms with Crippen LogP contribution in [-0.4, -0.2) is 11.0 Å². The van der Waals surface area contributed by atoms with E-state index in [1.165, 1.54) is 11.3 Å². The van der Waals surface area contributed by atoms with E-state index in [0.29, 0.717) is 23.3 Å². The van der Waals surface area contributed by atoms with Crippen LogP contribution in [0.5, 0.6) is 5.75 Å². The van der Waals surface area contributed by atoms with Crippen molar-refractivity contribution in [3.63, 3.8) is 0 Å². The molecule has 0 aliphatic carbocycles. The number of carbonyl (C=O) groups is 1. The van der Waals surface area contributed by atoms with Crippen molar-refractivity contribution in [2.75, 3.05) is 10.6 Å². The lowest BCUT2D eigenvalue weighted by Gasteiger charge is -2.08. The number of thiazole rings is 1. The maximum Gasteiger partial charge on any atom is 0.325 e. The first kappa shape index (κ1) is 17.9. The number of urea groups is 1. The van der Waals surface area contributed by atoms with Crippen LogP contribution in [0.15, 0.2) is 60.8 Å². The number of rotatable bonds is 6. The van der Waals surface area contributed by atoms with Crippen LogP contribution in [0.2, 0.25) is 0 Å². The van der Waals surface area contributed by atoms with Gasteiger partial charge in [-0.2, -0.15) is 0 Å². The zero-order valence-electron chi connectivity index (χ0n) is 14.7. The molecular weight excluding hydrogens is 346 g/mol. The molecule has 5 nitrogen and oxygen atoms in total. The quantitative estimate of drug-likeness (QED) is 0.605. The standard InChI is InChI=1S/C20H21N3O2S/c1-14(2)18-12-21-20(26-18)23-19(24)22-16-8-10-17(11-9-16)25-13-15-6-4-3-5-7-15/h3-12,14H,13H2,1-2H3,(H2,21,22,23,24). The molecule has 6 heteroatoms. The predicted molar refractivity (Wildman–Crippen MR) is 106 cm³/mol. The van der Waals surface area contributed by atoms with Crippen molar-refractivity contribution in [1.82, 2.24) is 4.98 Å². The number of aromatic nitrogens is 1. The fourth-order valence-corrected chi connectivity index (χ4v) is 3.06. The molecule has 2 amide bonds. The number of benzene rings is 2. The molecule has 0 bridgehead atoms. The Morgan fingerprint density at radius 3 is 2.46 bits per heavy atom. The van der Waals surface area contributed by atoms with Crippen LogP contribution in [0.3, 0.4) is 0 Å². The number of ether oxygens (including phenoxy) is 1. The summed E-state index contributed by atoms with van der Waals surface area (Å²) in [7, 11) is 0. The monoisotopic (exact) mass is 367 g/mol. The fraction of sp³-hybridized carbons (Fsp3) is 0.200. The summed E-state index contributed by atoms with van der Waals surface area (Å²) < 4.78 is 5.74. The molecule has 3 aromatic rings. The van der Waals surface area contributed by atoms with E-state index in [1.807, 2.05) is 42.5 Å². The molecule has 1 aromatic heterocycles. The maximum atomic E-state index is 12.1. The largest absolute Gasteiger partial charge is 0.489 e. The van der Waals surface area contributed by atoms with Crippen molar-refractivity contribution in [3.8, 4) is 5.75 Å². The van der Waals surface area contributed by atoms with Gasteiger partial charge in [0.05, 0.1) is 0 Å². The number of nitrogens with one attached hydrogen (secondary N) is 2. The minimum Gasteiger partial charge on any atom is -0.489 e. The molecule has 2 aromatic carbocycles. The summed E-state index contributed by atoms with van der Waals surface area (Å²) in [6, 6.07) is 16.9. The third-order valence-corrected chi connectivity index (χ3v) is 4.89. The molecule has 0 aliphatic heterocycles. The average molecular weight is 367 g/mol. The molecule has 0 saturated carbocycles. The predicted octanol–water partition coefficient (Wildman–Crippen LogP) is 5.49. The highest BCUT2D eigenvalue weighted by Gasteiger charge is 2.09. The first-order chi connectivity index (χ1) is 12.6. The molecule has 0 unspecified atom stereocenters. The lowest BCUT2D eigenvalue weighted by Crippen LogP contribution is -2.19. The summed E-state index contributed by atoms with van der Waals surface area (Å²) >= 11 is 1.48. The minimum atomic E-state index is -0.312. The van der Waals surface area contributed by atoms with E-state index in [9.17, 15) is 4.79 Å². The summed E-state index contributed by atoms with van der Waals surface area (Å²) in [4.78, 5) is 17.4. The van der Waals surface area contributed by atoms with Gasteiger partial charge in [-0.3, -0.25) is 5.32 Å². The Kier molecular flexibility index (Phi) is 5.86. The van der Waals surface area contributed by atoms with Gasteiger partial charge < -0.3 is 10.1 Å². The van der Waals surface area contributed by atoms with Gasteiger partial charge in [-0.1, -0.05) is 44.2 Å². The van der Waals surface area contributed by atoms with Gasteiger partial charge in [-0.25, -0.2) is 9.78 Å². The Labute approximate surface area is 157 Å². The molecule has 2 N–H and O–H groups in total. The van der Waals surface area contributed by atoms with E-state index in [0.717, 1.165) is 16.2 Å². The van der Waals surface area contributed by atoms with Gasteiger partial charge in [0.1, 0.15) is 12.4 Å². The Balaban J connectivity index is 1.50. The molecule has 1 heterocycles. The van der Waals surface area contributed by atoms with Gasteiger partial charge in [0.2, 0.25) is 0 Å². The summed E-state index contributed by atoms with van der Waals surface area (Å²) in [5.41, 5.74) is 1.80. The van der Waals surface area contributed by atoms with Gasteiger partial charge in [-0.15, -0.1) is 11.3 Å². The number of nitrogens with zero attached hydrogens (tertiary/aromatic N) is 1. The van der Waals surface area contributed by atoms with E-state index in [2.05, 4.69) is 29.5 Å². The number of hydrogen-bond donors (Lipinski definition) is 2. The molecule has 0 aliphatic rings. The van der Waals surface area contributed by atoms with E-state index >= 15 is 0 Å². The Hall–Kier alpha value is -2.86. The lowest BCUT2D eigenvalue weighted by atomic mass is 10.2. The molecule has 0 atom stereocenters. The van der Waals surface area contributed by atoms with Crippen LogP contribution in [0.25, 0.3) is 0 Å². The van der Waals surface area contributed by atoms with E-state index < -0.39 is 0 Å². The van der Waals surface area contributed by atoms with E-state index in [4.69, 9.17) is 4.74 Å². The fourth-order valence-electron chi connectivity index (χ4n) is 2.25. The second-order valence-electron chi connectivity index (χ2n) is 6.10. The molecule has 0 spiro atoms. The van der Waals surface area contributed by atoms with Crippen molar-refractivity contribution in [2.45, 2.75) is 26.4 Å². The first-order valence-corrected chi connectivity index (χ1v) is 9.22. The van der Waals surface area contributed by atoms with Crippen LogP contribution < -0.4 is 15.4 Å². The number of amides is 2. The van der Waals surface area contributed by atoms with Gasteiger partial charge >= 0.3 is 6.03 Å². The third-order valence-electron chi connectivity index (χ3n) is 3.67. The summed E-state index contributed by atoms with van der Waals surface area (Å²) in [6.45, 7) is 4.70. The second-order valence-corrected chi connectivity index (χ2v) is 7.16. The Morgan fingerprint density at radius 2 is 1.81 bits per heavy atom. The summed E-state index contributed by atoms with van der Waals surface area (Å²) in [5, 5.41) is 6.14. The molecule has 0 radical (unpaired) electrons. The van der Waals surface area contributed by atoms with Crippen LogP contribution >= 0.6 is 11.3 Å². The second kappa shape index (κ2) is 8.49. The van der Waals surface area contributed by atoms with Gasteiger partial charge in [-0.05, 0) is 35.7 Å². The zero-order valence-corrected chi connectivity index (χ0v) is 15.5. The molecule has 0 fully saturated rings. The molecular formula is C20H21N3O2S. The van der Waals surface area contributed by atoms with Gasteiger partial charge in [0.15, 0.2) is 5.13 Å². The summed E-state index contributed by atoms with van der Waals surface area (Å²) in [5.74, 6) is 1.15.